The maximum absolute atomic E-state index is 6.38. The van der Waals surface area contributed by atoms with Gasteiger partial charge in [-0.05, 0) is 49.6 Å². The molecular weight excluding hydrogens is 282 g/mol. The van der Waals surface area contributed by atoms with Crippen molar-refractivity contribution in [3.8, 4) is 0 Å². The molecule has 1 aromatic carbocycles. The zero-order valence-corrected chi connectivity index (χ0v) is 14.0. The monoisotopic (exact) mass is 305 g/mol. The molecule has 0 amide bonds. The molecule has 0 saturated carbocycles. The summed E-state index contributed by atoms with van der Waals surface area (Å²) in [4.78, 5) is 0. The van der Waals surface area contributed by atoms with Crippen LogP contribution in [0.1, 0.15) is 42.4 Å². The Morgan fingerprint density at radius 1 is 1.29 bits per heavy atom. The maximum atomic E-state index is 6.38. The van der Waals surface area contributed by atoms with E-state index in [1.54, 1.807) is 0 Å². The lowest BCUT2D eigenvalue weighted by Gasteiger charge is -2.19. The first-order valence-electron chi connectivity index (χ1n) is 7.56. The Hall–Kier alpha value is -1.32. The topological polar surface area (TPSA) is 29.9 Å². The molecule has 114 valence electrons. The van der Waals surface area contributed by atoms with Gasteiger partial charge >= 0.3 is 0 Å². The molecule has 0 aliphatic heterocycles. The lowest BCUT2D eigenvalue weighted by atomic mass is 10.0. The van der Waals surface area contributed by atoms with Gasteiger partial charge in [-0.3, -0.25) is 4.68 Å². The van der Waals surface area contributed by atoms with Gasteiger partial charge in [0.15, 0.2) is 0 Å². The van der Waals surface area contributed by atoms with Crippen LogP contribution in [0.3, 0.4) is 0 Å². The van der Waals surface area contributed by atoms with E-state index in [4.69, 9.17) is 11.6 Å². The third-order valence-corrected chi connectivity index (χ3v) is 4.12. The third-order valence-electron chi connectivity index (χ3n) is 3.77. The van der Waals surface area contributed by atoms with Crippen LogP contribution in [0.25, 0.3) is 0 Å². The fourth-order valence-electron chi connectivity index (χ4n) is 2.61. The molecule has 4 heteroatoms. The first kappa shape index (κ1) is 16.1. The van der Waals surface area contributed by atoms with Gasteiger partial charge in [0, 0.05) is 12.1 Å². The van der Waals surface area contributed by atoms with E-state index in [-0.39, 0.29) is 6.04 Å². The van der Waals surface area contributed by atoms with Crippen LogP contribution in [0, 0.1) is 6.92 Å². The van der Waals surface area contributed by atoms with Crippen LogP contribution in [-0.4, -0.2) is 16.3 Å². The lowest BCUT2D eigenvalue weighted by Crippen LogP contribution is -2.25. The van der Waals surface area contributed by atoms with Crippen molar-refractivity contribution in [2.75, 3.05) is 6.54 Å². The number of likely N-dealkylation sites (N-methyl/N-ethyl adjacent to an activating group) is 1. The lowest BCUT2D eigenvalue weighted by molar-refractivity contribution is 0.507. The summed E-state index contributed by atoms with van der Waals surface area (Å²) in [6.45, 7) is 7.24. The molecule has 0 fully saturated rings. The van der Waals surface area contributed by atoms with Crippen LogP contribution in [0.2, 0.25) is 5.02 Å². The van der Waals surface area contributed by atoms with E-state index in [0.29, 0.717) is 0 Å². The average Bonchev–Trinajstić information content (AvgIpc) is 2.82. The second kappa shape index (κ2) is 7.10. The zero-order valence-electron chi connectivity index (χ0n) is 13.3. The van der Waals surface area contributed by atoms with Crippen LogP contribution >= 0.6 is 11.6 Å². The molecule has 0 spiro atoms. The van der Waals surface area contributed by atoms with Crippen LogP contribution in [-0.2, 0) is 19.9 Å². The maximum Gasteiger partial charge on any atom is 0.0625 e. The van der Waals surface area contributed by atoms with E-state index in [2.05, 4.69) is 49.4 Å². The zero-order chi connectivity index (χ0) is 15.4. The number of aryl methyl sites for hydroxylation is 3. The van der Waals surface area contributed by atoms with Crippen LogP contribution in [0.5, 0.6) is 0 Å². The molecular formula is C17H24ClN3. The first-order chi connectivity index (χ1) is 10.0. The fourth-order valence-corrected chi connectivity index (χ4v) is 2.92. The normalized spacial score (nSPS) is 12.6. The minimum absolute atomic E-state index is 0.230. The van der Waals surface area contributed by atoms with Gasteiger partial charge in [-0.1, -0.05) is 37.6 Å². The number of nitrogens with one attached hydrogen (secondary N) is 1. The average molecular weight is 306 g/mol. The van der Waals surface area contributed by atoms with Crippen molar-refractivity contribution in [1.29, 1.82) is 0 Å². The van der Waals surface area contributed by atoms with Crippen molar-refractivity contribution in [1.82, 2.24) is 15.1 Å². The predicted octanol–water partition coefficient (Wildman–Crippen LogP) is 3.84. The standard InChI is InChI=1S/C17H24ClN3/c1-5-14-11-17(21(4)20-14)16(19-6-2)10-13-8-7-12(3)9-15(13)18/h7-9,11,16,19H,5-6,10H2,1-4H3. The van der Waals surface area contributed by atoms with Gasteiger partial charge in [0.1, 0.15) is 0 Å². The van der Waals surface area contributed by atoms with E-state index >= 15 is 0 Å². The van der Waals surface area contributed by atoms with Gasteiger partial charge in [-0.15, -0.1) is 0 Å². The Balaban J connectivity index is 2.28. The number of benzene rings is 1. The van der Waals surface area contributed by atoms with Crippen molar-refractivity contribution >= 4 is 11.6 Å². The second-order valence-corrected chi connectivity index (χ2v) is 5.85. The van der Waals surface area contributed by atoms with E-state index < -0.39 is 0 Å². The van der Waals surface area contributed by atoms with Crippen LogP contribution < -0.4 is 5.32 Å². The summed E-state index contributed by atoms with van der Waals surface area (Å²) in [5.74, 6) is 0. The van der Waals surface area contributed by atoms with Gasteiger partial charge in [-0.25, -0.2) is 0 Å². The molecule has 2 rings (SSSR count). The number of rotatable bonds is 6. The Labute approximate surface area is 132 Å². The number of aromatic nitrogens is 2. The number of hydrogen-bond donors (Lipinski definition) is 1. The van der Waals surface area contributed by atoms with Crippen LogP contribution in [0.4, 0.5) is 0 Å². The summed E-state index contributed by atoms with van der Waals surface area (Å²) < 4.78 is 1.98. The van der Waals surface area contributed by atoms with Crippen molar-refractivity contribution in [3.63, 3.8) is 0 Å². The molecule has 21 heavy (non-hydrogen) atoms. The molecule has 2 aromatic rings. The quantitative estimate of drug-likeness (QED) is 0.879. The minimum atomic E-state index is 0.230. The molecule has 1 heterocycles. The van der Waals surface area contributed by atoms with Gasteiger partial charge in [0.25, 0.3) is 0 Å². The minimum Gasteiger partial charge on any atom is -0.309 e. The summed E-state index contributed by atoms with van der Waals surface area (Å²) in [6, 6.07) is 8.69. The Morgan fingerprint density at radius 3 is 2.62 bits per heavy atom. The highest BCUT2D eigenvalue weighted by Crippen LogP contribution is 2.25. The first-order valence-corrected chi connectivity index (χ1v) is 7.94. The summed E-state index contributed by atoms with van der Waals surface area (Å²) in [5, 5.41) is 8.95. The summed E-state index contributed by atoms with van der Waals surface area (Å²) in [6.07, 6.45) is 1.83. The SMILES string of the molecule is CCNC(Cc1ccc(C)cc1Cl)c1cc(CC)nn1C. The Bertz CT molecular complexity index is 604. The number of hydrogen-bond acceptors (Lipinski definition) is 2. The van der Waals surface area contributed by atoms with Crippen molar-refractivity contribution in [2.24, 2.45) is 7.05 Å². The van der Waals surface area contributed by atoms with Crippen molar-refractivity contribution in [2.45, 2.75) is 39.7 Å². The van der Waals surface area contributed by atoms with Gasteiger partial charge in [0.05, 0.1) is 17.4 Å². The van der Waals surface area contributed by atoms with E-state index in [9.17, 15) is 0 Å². The van der Waals surface area contributed by atoms with Crippen molar-refractivity contribution in [3.05, 3.63) is 51.8 Å². The predicted molar refractivity (Wildman–Crippen MR) is 88.9 cm³/mol. The Kier molecular flexibility index (Phi) is 5.43. The number of halogens is 1. The van der Waals surface area contributed by atoms with Crippen molar-refractivity contribution < 1.29 is 0 Å². The molecule has 1 N–H and O–H groups in total. The highest BCUT2D eigenvalue weighted by atomic mass is 35.5. The molecule has 0 aliphatic carbocycles. The summed E-state index contributed by atoms with van der Waals surface area (Å²) in [5.41, 5.74) is 4.71. The molecule has 3 nitrogen and oxygen atoms in total. The molecule has 1 atom stereocenters. The fraction of sp³-hybridized carbons (Fsp3) is 0.471. The number of nitrogens with zero attached hydrogens (tertiary/aromatic N) is 2. The highest BCUT2D eigenvalue weighted by Gasteiger charge is 2.17. The molecule has 1 unspecified atom stereocenters. The van der Waals surface area contributed by atoms with E-state index in [1.165, 1.54) is 16.8 Å². The van der Waals surface area contributed by atoms with Gasteiger partial charge in [-0.2, -0.15) is 5.10 Å². The Morgan fingerprint density at radius 2 is 2.05 bits per heavy atom. The molecule has 1 aromatic heterocycles. The molecule has 0 radical (unpaired) electrons. The van der Waals surface area contributed by atoms with Gasteiger partial charge < -0.3 is 5.32 Å². The third kappa shape index (κ3) is 3.86. The largest absolute Gasteiger partial charge is 0.309 e. The smallest absolute Gasteiger partial charge is 0.0625 e. The molecule has 0 bridgehead atoms. The summed E-state index contributed by atoms with van der Waals surface area (Å²) in [7, 11) is 2.01. The van der Waals surface area contributed by atoms with Crippen LogP contribution in [0.15, 0.2) is 24.3 Å². The summed E-state index contributed by atoms with van der Waals surface area (Å²) >= 11 is 6.38. The second-order valence-electron chi connectivity index (χ2n) is 5.45. The molecule has 0 aliphatic rings. The highest BCUT2D eigenvalue weighted by molar-refractivity contribution is 6.31. The van der Waals surface area contributed by atoms with Gasteiger partial charge in [0.2, 0.25) is 0 Å². The molecule has 0 saturated heterocycles. The van der Waals surface area contributed by atoms with E-state index in [0.717, 1.165) is 30.1 Å². The van der Waals surface area contributed by atoms with E-state index in [1.807, 2.05) is 17.8 Å².